The van der Waals surface area contributed by atoms with Crippen molar-refractivity contribution in [3.8, 4) is 17.1 Å². The third-order valence-corrected chi connectivity index (χ3v) is 2.24. The van der Waals surface area contributed by atoms with Crippen LogP contribution in [-0.4, -0.2) is 22.6 Å². The van der Waals surface area contributed by atoms with Crippen LogP contribution in [0.25, 0.3) is 11.1 Å². The molecule has 0 fully saturated rings. The lowest BCUT2D eigenvalue weighted by Gasteiger charge is -2.04. The fraction of sp³-hybridized carbons (Fsp3) is 0.154. The van der Waals surface area contributed by atoms with Gasteiger partial charge >= 0.3 is 12.1 Å². The summed E-state index contributed by atoms with van der Waals surface area (Å²) in [6, 6.07) is 9.78. The molecule has 0 aliphatic carbocycles. The van der Waals surface area contributed by atoms with Crippen LogP contribution in [0.1, 0.15) is 6.92 Å². The van der Waals surface area contributed by atoms with Gasteiger partial charge in [-0.25, -0.2) is 14.8 Å². The highest BCUT2D eigenvalue weighted by Gasteiger charge is 2.05. The van der Waals surface area contributed by atoms with Crippen LogP contribution in [-0.2, 0) is 0 Å². The molecule has 1 heterocycles. The first-order valence-corrected chi connectivity index (χ1v) is 5.62. The Labute approximate surface area is 105 Å². The Morgan fingerprint density at radius 3 is 2.44 bits per heavy atom. The molecule has 0 unspecified atom stereocenters. The van der Waals surface area contributed by atoms with Gasteiger partial charge in [0.15, 0.2) is 0 Å². The first-order chi connectivity index (χ1) is 8.79. The topological polar surface area (TPSA) is 64.1 Å². The molecule has 1 aromatic carbocycles. The van der Waals surface area contributed by atoms with Gasteiger partial charge in [0.2, 0.25) is 0 Å². The molecule has 0 aliphatic rings. The van der Waals surface area contributed by atoms with Crippen molar-refractivity contribution in [3.63, 3.8) is 0 Å². The van der Waals surface area contributed by atoms with Crippen molar-refractivity contribution in [2.75, 3.05) is 6.54 Å². The number of carbonyl (C=O) groups is 1. The number of hydrogen-bond donors (Lipinski definition) is 1. The van der Waals surface area contributed by atoms with Crippen LogP contribution in [0.2, 0.25) is 0 Å². The highest BCUT2D eigenvalue weighted by Crippen LogP contribution is 2.17. The molecule has 92 valence electrons. The van der Waals surface area contributed by atoms with E-state index in [2.05, 4.69) is 15.3 Å². The van der Waals surface area contributed by atoms with Crippen molar-refractivity contribution in [1.82, 2.24) is 15.3 Å². The summed E-state index contributed by atoms with van der Waals surface area (Å²) in [6.07, 6.45) is 2.69. The quantitative estimate of drug-likeness (QED) is 0.898. The molecule has 5 nitrogen and oxygen atoms in total. The number of benzene rings is 1. The first kappa shape index (κ1) is 12.0. The molecule has 0 saturated carbocycles. The minimum Gasteiger partial charge on any atom is -0.374 e. The van der Waals surface area contributed by atoms with E-state index in [1.54, 1.807) is 19.3 Å². The number of nitrogens with zero attached hydrogens (tertiary/aromatic N) is 2. The Morgan fingerprint density at radius 1 is 1.17 bits per heavy atom. The summed E-state index contributed by atoms with van der Waals surface area (Å²) in [6.45, 7) is 2.31. The van der Waals surface area contributed by atoms with E-state index in [4.69, 9.17) is 4.74 Å². The largest absolute Gasteiger partial charge is 0.415 e. The molecule has 2 rings (SSSR count). The average Bonchev–Trinajstić information content (AvgIpc) is 2.41. The Kier molecular flexibility index (Phi) is 3.86. The number of amides is 1. The van der Waals surface area contributed by atoms with Crippen LogP contribution in [0.5, 0.6) is 6.01 Å². The normalized spacial score (nSPS) is 9.83. The molecular weight excluding hydrogens is 230 g/mol. The summed E-state index contributed by atoms with van der Waals surface area (Å²) in [5.74, 6) is 0. The monoisotopic (exact) mass is 243 g/mol. The summed E-state index contributed by atoms with van der Waals surface area (Å²) in [5.41, 5.74) is 1.89. The van der Waals surface area contributed by atoms with Crippen molar-refractivity contribution < 1.29 is 9.53 Å². The Balaban J connectivity index is 2.09. The van der Waals surface area contributed by atoms with Gasteiger partial charge in [-0.2, -0.15) is 0 Å². The minimum atomic E-state index is -0.551. The van der Waals surface area contributed by atoms with Crippen LogP contribution in [0.3, 0.4) is 0 Å². The van der Waals surface area contributed by atoms with Crippen LogP contribution >= 0.6 is 0 Å². The molecule has 1 N–H and O–H groups in total. The lowest BCUT2D eigenvalue weighted by Crippen LogP contribution is -2.26. The number of ether oxygens (including phenoxy) is 1. The van der Waals surface area contributed by atoms with Gasteiger partial charge in [0.1, 0.15) is 0 Å². The molecule has 0 aliphatic heterocycles. The molecule has 5 heteroatoms. The van der Waals surface area contributed by atoms with E-state index in [-0.39, 0.29) is 6.01 Å². The second-order valence-electron chi connectivity index (χ2n) is 3.54. The molecule has 0 bridgehead atoms. The number of rotatable bonds is 3. The van der Waals surface area contributed by atoms with E-state index in [1.807, 2.05) is 30.3 Å². The van der Waals surface area contributed by atoms with Crippen molar-refractivity contribution >= 4 is 6.09 Å². The third kappa shape index (κ3) is 3.04. The molecular formula is C13H13N3O2. The molecule has 0 atom stereocenters. The number of carbonyl (C=O) groups excluding carboxylic acids is 1. The minimum absolute atomic E-state index is 0.0423. The molecule has 0 spiro atoms. The van der Waals surface area contributed by atoms with E-state index in [0.29, 0.717) is 6.54 Å². The molecule has 0 radical (unpaired) electrons. The van der Waals surface area contributed by atoms with E-state index >= 15 is 0 Å². The number of hydrogen-bond acceptors (Lipinski definition) is 4. The summed E-state index contributed by atoms with van der Waals surface area (Å²) >= 11 is 0. The fourth-order valence-corrected chi connectivity index (χ4v) is 1.41. The lowest BCUT2D eigenvalue weighted by molar-refractivity contribution is 0.197. The Bertz CT molecular complexity index is 512. The summed E-state index contributed by atoms with van der Waals surface area (Å²) < 4.78 is 4.87. The summed E-state index contributed by atoms with van der Waals surface area (Å²) in [4.78, 5) is 19.1. The van der Waals surface area contributed by atoms with Crippen LogP contribution in [0, 0.1) is 0 Å². The highest BCUT2D eigenvalue weighted by atomic mass is 16.6. The SMILES string of the molecule is CCNC(=O)Oc1ncc(-c2ccccc2)cn1. The Hall–Kier alpha value is -2.43. The van der Waals surface area contributed by atoms with Gasteiger partial charge in [-0.1, -0.05) is 30.3 Å². The number of nitrogens with one attached hydrogen (secondary N) is 1. The van der Waals surface area contributed by atoms with Crippen molar-refractivity contribution in [1.29, 1.82) is 0 Å². The molecule has 0 saturated heterocycles. The van der Waals surface area contributed by atoms with E-state index in [0.717, 1.165) is 11.1 Å². The standard InChI is InChI=1S/C13H13N3O2/c1-2-14-13(17)18-12-15-8-11(9-16-12)10-6-4-3-5-7-10/h3-9H,2H2,1H3,(H,14,17). The van der Waals surface area contributed by atoms with E-state index in [1.165, 1.54) is 0 Å². The van der Waals surface area contributed by atoms with Gasteiger partial charge in [0, 0.05) is 24.5 Å². The second kappa shape index (κ2) is 5.77. The van der Waals surface area contributed by atoms with Crippen LogP contribution in [0.4, 0.5) is 4.79 Å². The zero-order chi connectivity index (χ0) is 12.8. The van der Waals surface area contributed by atoms with Crippen LogP contribution < -0.4 is 10.1 Å². The summed E-state index contributed by atoms with van der Waals surface area (Å²) in [5, 5.41) is 2.50. The van der Waals surface area contributed by atoms with Gasteiger partial charge in [-0.05, 0) is 12.5 Å². The lowest BCUT2D eigenvalue weighted by atomic mass is 10.1. The maximum atomic E-state index is 11.2. The molecule has 18 heavy (non-hydrogen) atoms. The molecule has 1 aromatic heterocycles. The van der Waals surface area contributed by atoms with E-state index in [9.17, 15) is 4.79 Å². The highest BCUT2D eigenvalue weighted by molar-refractivity contribution is 5.69. The van der Waals surface area contributed by atoms with Crippen molar-refractivity contribution in [3.05, 3.63) is 42.7 Å². The number of aromatic nitrogens is 2. The van der Waals surface area contributed by atoms with Crippen LogP contribution in [0.15, 0.2) is 42.7 Å². The smallest absolute Gasteiger partial charge is 0.374 e. The van der Waals surface area contributed by atoms with Gasteiger partial charge in [0.25, 0.3) is 0 Å². The predicted molar refractivity (Wildman–Crippen MR) is 67.2 cm³/mol. The average molecular weight is 243 g/mol. The van der Waals surface area contributed by atoms with Crippen molar-refractivity contribution in [2.45, 2.75) is 6.92 Å². The van der Waals surface area contributed by atoms with Gasteiger partial charge in [-0.3, -0.25) is 0 Å². The summed E-state index contributed by atoms with van der Waals surface area (Å²) in [7, 11) is 0. The molecule has 1 amide bonds. The van der Waals surface area contributed by atoms with Gasteiger partial charge in [0.05, 0.1) is 0 Å². The maximum absolute atomic E-state index is 11.2. The van der Waals surface area contributed by atoms with Gasteiger partial charge in [-0.15, -0.1) is 0 Å². The second-order valence-corrected chi connectivity index (χ2v) is 3.54. The van der Waals surface area contributed by atoms with Gasteiger partial charge < -0.3 is 10.1 Å². The zero-order valence-electron chi connectivity index (χ0n) is 9.96. The predicted octanol–water partition coefficient (Wildman–Crippen LogP) is 2.25. The first-order valence-electron chi connectivity index (χ1n) is 5.62. The van der Waals surface area contributed by atoms with Crippen molar-refractivity contribution in [2.24, 2.45) is 0 Å². The maximum Gasteiger partial charge on any atom is 0.415 e. The van der Waals surface area contributed by atoms with E-state index < -0.39 is 6.09 Å². The zero-order valence-corrected chi connectivity index (χ0v) is 9.96. The third-order valence-electron chi connectivity index (χ3n) is 2.24. The fourth-order valence-electron chi connectivity index (χ4n) is 1.41. The Morgan fingerprint density at radius 2 is 1.83 bits per heavy atom. The molecule has 2 aromatic rings.